The monoisotopic (exact) mass is 366 g/mol. The van der Waals surface area contributed by atoms with Crippen LogP contribution in [-0.4, -0.2) is 39.9 Å². The molecule has 0 aliphatic rings. The number of carbonyl (C=O) groups excluding carboxylic acids is 1. The Hall–Kier alpha value is -2.63. The van der Waals surface area contributed by atoms with E-state index in [4.69, 9.17) is 5.11 Å². The van der Waals surface area contributed by atoms with Gasteiger partial charge in [0.25, 0.3) is 5.91 Å². The zero-order valence-electron chi connectivity index (χ0n) is 15.5. The van der Waals surface area contributed by atoms with Crippen LogP contribution in [0, 0.1) is 0 Å². The number of aliphatic hydroxyl groups is 2. The van der Waals surface area contributed by atoms with Crippen LogP contribution in [0.1, 0.15) is 36.5 Å². The molecule has 0 spiro atoms. The third kappa shape index (κ3) is 4.56. The Morgan fingerprint density at radius 1 is 1.15 bits per heavy atom. The van der Waals surface area contributed by atoms with Gasteiger partial charge in [0.05, 0.1) is 5.60 Å². The van der Waals surface area contributed by atoms with E-state index >= 15 is 0 Å². The fraction of sp³-hybridized carbons (Fsp3) is 0.318. The maximum absolute atomic E-state index is 12.6. The zero-order valence-corrected chi connectivity index (χ0v) is 15.5. The summed E-state index contributed by atoms with van der Waals surface area (Å²) >= 11 is 0. The van der Waals surface area contributed by atoms with E-state index in [-0.39, 0.29) is 19.1 Å². The second kappa shape index (κ2) is 8.37. The van der Waals surface area contributed by atoms with Crippen molar-refractivity contribution < 1.29 is 15.0 Å². The first-order chi connectivity index (χ1) is 13.0. The molecule has 0 saturated carbocycles. The minimum atomic E-state index is -0.991. The Bertz CT molecular complexity index is 919. The molecule has 1 heterocycles. The fourth-order valence-corrected chi connectivity index (χ4v) is 3.22. The fourth-order valence-electron chi connectivity index (χ4n) is 3.22. The number of nitrogens with one attached hydrogen (secondary N) is 2. The summed E-state index contributed by atoms with van der Waals surface area (Å²) in [5, 5.41) is 23.5. The van der Waals surface area contributed by atoms with Gasteiger partial charge in [-0.15, -0.1) is 0 Å². The maximum Gasteiger partial charge on any atom is 0.251 e. The van der Waals surface area contributed by atoms with Gasteiger partial charge in [-0.3, -0.25) is 4.79 Å². The average Bonchev–Trinajstić information content (AvgIpc) is 3.18. The number of aliphatic hydroxyl groups excluding tert-OH is 1. The van der Waals surface area contributed by atoms with E-state index in [0.717, 1.165) is 22.0 Å². The van der Waals surface area contributed by atoms with Crippen molar-refractivity contribution in [2.45, 2.75) is 31.8 Å². The highest BCUT2D eigenvalue weighted by Gasteiger charge is 2.25. The number of amides is 1. The second-order valence-electron chi connectivity index (χ2n) is 6.95. The van der Waals surface area contributed by atoms with Crippen molar-refractivity contribution in [3.05, 3.63) is 60.3 Å². The number of rotatable bonds is 8. The van der Waals surface area contributed by atoms with Crippen molar-refractivity contribution in [3.63, 3.8) is 0 Å². The number of aromatic nitrogens is 1. The van der Waals surface area contributed by atoms with Gasteiger partial charge in [0.15, 0.2) is 0 Å². The molecule has 0 radical (unpaired) electrons. The number of fused-ring (bicyclic) bond motifs is 1. The Labute approximate surface area is 159 Å². The maximum atomic E-state index is 12.6. The molecule has 27 heavy (non-hydrogen) atoms. The molecule has 3 aromatic rings. The van der Waals surface area contributed by atoms with Crippen LogP contribution < -0.4 is 5.32 Å². The molecular weight excluding hydrogens is 340 g/mol. The molecule has 3 rings (SSSR count). The van der Waals surface area contributed by atoms with E-state index in [0.29, 0.717) is 24.8 Å². The van der Waals surface area contributed by atoms with Gasteiger partial charge in [0, 0.05) is 30.4 Å². The highest BCUT2D eigenvalue weighted by atomic mass is 16.3. The minimum absolute atomic E-state index is 0.0315. The Balaban J connectivity index is 1.73. The number of hydrogen-bond donors (Lipinski definition) is 4. The van der Waals surface area contributed by atoms with Crippen molar-refractivity contribution in [2.24, 2.45) is 0 Å². The molecule has 0 unspecified atom stereocenters. The number of benzene rings is 2. The van der Waals surface area contributed by atoms with Gasteiger partial charge >= 0.3 is 0 Å². The summed E-state index contributed by atoms with van der Waals surface area (Å²) in [5.74, 6) is -0.213. The molecule has 1 amide bonds. The topological polar surface area (TPSA) is 85.3 Å². The number of H-pyrrole nitrogens is 1. The third-order valence-electron chi connectivity index (χ3n) is 5.05. The van der Waals surface area contributed by atoms with Crippen molar-refractivity contribution >= 4 is 16.8 Å². The Kier molecular flexibility index (Phi) is 5.94. The summed E-state index contributed by atoms with van der Waals surface area (Å²) in [7, 11) is 0. The molecule has 2 aromatic carbocycles. The number of aromatic amines is 1. The predicted octanol–water partition coefficient (Wildman–Crippen LogP) is 3.48. The van der Waals surface area contributed by atoms with E-state index in [2.05, 4.69) is 16.4 Å². The van der Waals surface area contributed by atoms with Crippen LogP contribution in [0.4, 0.5) is 0 Å². The van der Waals surface area contributed by atoms with Crippen LogP contribution >= 0.6 is 0 Å². The molecule has 4 N–H and O–H groups in total. The molecule has 0 aliphatic carbocycles. The number of carbonyl (C=O) groups is 1. The van der Waals surface area contributed by atoms with Crippen LogP contribution in [0.5, 0.6) is 0 Å². The van der Waals surface area contributed by atoms with Gasteiger partial charge in [-0.1, -0.05) is 25.1 Å². The van der Waals surface area contributed by atoms with Crippen molar-refractivity contribution in [1.29, 1.82) is 0 Å². The van der Waals surface area contributed by atoms with Crippen molar-refractivity contribution in [2.75, 3.05) is 13.2 Å². The first kappa shape index (κ1) is 19.1. The Morgan fingerprint density at radius 2 is 1.96 bits per heavy atom. The van der Waals surface area contributed by atoms with Gasteiger partial charge in [-0.2, -0.15) is 0 Å². The van der Waals surface area contributed by atoms with E-state index < -0.39 is 5.60 Å². The SMILES string of the molecule is CC[C@@](O)(CCCO)CNC(=O)c1cccc(-c2ccc3[nH]ccc3c2)c1. The lowest BCUT2D eigenvalue weighted by Gasteiger charge is -2.26. The molecule has 0 bridgehead atoms. The molecular formula is C22H26N2O3. The summed E-state index contributed by atoms with van der Waals surface area (Å²) in [4.78, 5) is 15.7. The highest BCUT2D eigenvalue weighted by Crippen LogP contribution is 2.25. The van der Waals surface area contributed by atoms with Gasteiger partial charge in [-0.25, -0.2) is 0 Å². The molecule has 0 aliphatic heterocycles. The summed E-state index contributed by atoms with van der Waals surface area (Å²) in [5.41, 5.74) is 2.66. The van der Waals surface area contributed by atoms with Crippen molar-refractivity contribution in [1.82, 2.24) is 10.3 Å². The summed E-state index contributed by atoms with van der Waals surface area (Å²) in [6.07, 6.45) is 3.39. The van der Waals surface area contributed by atoms with Crippen LogP contribution in [-0.2, 0) is 0 Å². The number of hydrogen-bond acceptors (Lipinski definition) is 3. The smallest absolute Gasteiger partial charge is 0.251 e. The first-order valence-corrected chi connectivity index (χ1v) is 9.34. The average molecular weight is 366 g/mol. The summed E-state index contributed by atoms with van der Waals surface area (Å²) in [6, 6.07) is 15.6. The van der Waals surface area contributed by atoms with Gasteiger partial charge in [0.1, 0.15) is 0 Å². The quantitative estimate of drug-likeness (QED) is 0.492. The molecule has 1 aromatic heterocycles. The van der Waals surface area contributed by atoms with Gasteiger partial charge in [-0.05, 0) is 66.1 Å². The summed E-state index contributed by atoms with van der Waals surface area (Å²) in [6.45, 7) is 2.08. The van der Waals surface area contributed by atoms with Gasteiger partial charge < -0.3 is 20.5 Å². The third-order valence-corrected chi connectivity index (χ3v) is 5.05. The molecule has 0 fully saturated rings. The molecule has 1 atom stereocenters. The summed E-state index contributed by atoms with van der Waals surface area (Å²) < 4.78 is 0. The van der Waals surface area contributed by atoms with Crippen LogP contribution in [0.25, 0.3) is 22.0 Å². The van der Waals surface area contributed by atoms with E-state index in [9.17, 15) is 9.90 Å². The lowest BCUT2D eigenvalue weighted by Crippen LogP contribution is -2.42. The van der Waals surface area contributed by atoms with Crippen LogP contribution in [0.2, 0.25) is 0 Å². The lowest BCUT2D eigenvalue weighted by atomic mass is 9.94. The molecule has 5 nitrogen and oxygen atoms in total. The van der Waals surface area contributed by atoms with E-state index in [1.54, 1.807) is 6.07 Å². The first-order valence-electron chi connectivity index (χ1n) is 9.34. The van der Waals surface area contributed by atoms with Crippen LogP contribution in [0.3, 0.4) is 0 Å². The largest absolute Gasteiger partial charge is 0.396 e. The van der Waals surface area contributed by atoms with Crippen molar-refractivity contribution in [3.8, 4) is 11.1 Å². The zero-order chi connectivity index (χ0) is 19.3. The van der Waals surface area contributed by atoms with E-state index in [1.807, 2.05) is 49.5 Å². The standard InChI is InChI=1S/C22H26N2O3/c1-2-22(27,10-4-12-25)15-24-21(26)19-6-3-5-16(14-19)17-7-8-20-18(13-17)9-11-23-20/h3,5-9,11,13-14,23,25,27H,2,4,10,12,15H2,1H3,(H,24,26)/t22-/m1/s1. The van der Waals surface area contributed by atoms with Gasteiger partial charge in [0.2, 0.25) is 0 Å². The normalized spacial score (nSPS) is 13.4. The lowest BCUT2D eigenvalue weighted by molar-refractivity contribution is 0.0212. The molecule has 0 saturated heterocycles. The second-order valence-corrected chi connectivity index (χ2v) is 6.95. The predicted molar refractivity (Wildman–Crippen MR) is 108 cm³/mol. The van der Waals surface area contributed by atoms with Crippen LogP contribution in [0.15, 0.2) is 54.7 Å². The molecule has 5 heteroatoms. The molecule has 142 valence electrons. The Morgan fingerprint density at radius 3 is 2.74 bits per heavy atom. The highest BCUT2D eigenvalue weighted by molar-refractivity contribution is 5.96. The minimum Gasteiger partial charge on any atom is -0.396 e. The van der Waals surface area contributed by atoms with E-state index in [1.165, 1.54) is 0 Å².